The lowest BCUT2D eigenvalue weighted by Gasteiger charge is -2.30. The molecule has 1 fully saturated rings. The van der Waals surface area contributed by atoms with Crippen LogP contribution in [0.25, 0.3) is 0 Å². The SMILES string of the molecule is Cc1ccc(C(=O)N(C)CC2CCC2)c(F)c1. The first-order valence-electron chi connectivity index (χ1n) is 6.09. The summed E-state index contributed by atoms with van der Waals surface area (Å²) >= 11 is 0. The van der Waals surface area contributed by atoms with Gasteiger partial charge >= 0.3 is 0 Å². The molecule has 0 saturated heterocycles. The Balaban J connectivity index is 2.07. The normalized spacial score (nSPS) is 15.5. The van der Waals surface area contributed by atoms with Gasteiger partial charge < -0.3 is 4.90 Å². The first-order valence-corrected chi connectivity index (χ1v) is 6.09. The summed E-state index contributed by atoms with van der Waals surface area (Å²) in [5.41, 5.74) is 1.01. The summed E-state index contributed by atoms with van der Waals surface area (Å²) in [6.45, 7) is 2.56. The highest BCUT2D eigenvalue weighted by Gasteiger charge is 2.23. The summed E-state index contributed by atoms with van der Waals surface area (Å²) in [5, 5.41) is 0. The minimum absolute atomic E-state index is 0.178. The topological polar surface area (TPSA) is 20.3 Å². The molecule has 0 spiro atoms. The largest absolute Gasteiger partial charge is 0.341 e. The van der Waals surface area contributed by atoms with Gasteiger partial charge in [-0.1, -0.05) is 12.5 Å². The van der Waals surface area contributed by atoms with E-state index < -0.39 is 5.82 Å². The fourth-order valence-electron chi connectivity index (χ4n) is 2.14. The standard InChI is InChI=1S/C14H18FNO/c1-10-6-7-12(13(15)8-10)14(17)16(2)9-11-4-3-5-11/h6-8,11H,3-5,9H2,1-2H3. The summed E-state index contributed by atoms with van der Waals surface area (Å²) in [5.74, 6) is -0.0256. The van der Waals surface area contributed by atoms with Crippen LogP contribution in [0.4, 0.5) is 4.39 Å². The van der Waals surface area contributed by atoms with Crippen molar-refractivity contribution in [2.75, 3.05) is 13.6 Å². The van der Waals surface area contributed by atoms with Crippen LogP contribution in [0.1, 0.15) is 35.2 Å². The quantitative estimate of drug-likeness (QED) is 0.788. The molecule has 0 N–H and O–H groups in total. The average molecular weight is 235 g/mol. The maximum Gasteiger partial charge on any atom is 0.256 e. The summed E-state index contributed by atoms with van der Waals surface area (Å²) in [7, 11) is 1.75. The van der Waals surface area contributed by atoms with Crippen molar-refractivity contribution < 1.29 is 9.18 Å². The number of carbonyl (C=O) groups excluding carboxylic acids is 1. The summed E-state index contributed by atoms with van der Waals surface area (Å²) < 4.78 is 13.6. The third kappa shape index (κ3) is 2.65. The number of hydrogen-bond acceptors (Lipinski definition) is 1. The lowest BCUT2D eigenvalue weighted by molar-refractivity contribution is 0.0740. The van der Waals surface area contributed by atoms with Crippen molar-refractivity contribution in [1.82, 2.24) is 4.90 Å². The number of hydrogen-bond donors (Lipinski definition) is 0. The highest BCUT2D eigenvalue weighted by atomic mass is 19.1. The molecule has 1 aromatic carbocycles. The molecule has 3 heteroatoms. The fourth-order valence-corrected chi connectivity index (χ4v) is 2.14. The predicted molar refractivity (Wildman–Crippen MR) is 65.4 cm³/mol. The van der Waals surface area contributed by atoms with Gasteiger partial charge in [-0.25, -0.2) is 4.39 Å². The molecular weight excluding hydrogens is 217 g/mol. The van der Waals surface area contributed by atoms with Gasteiger partial charge in [-0.3, -0.25) is 4.79 Å². The van der Waals surface area contributed by atoms with Crippen LogP contribution in [0.5, 0.6) is 0 Å². The molecule has 0 unspecified atom stereocenters. The molecule has 17 heavy (non-hydrogen) atoms. The second-order valence-electron chi connectivity index (χ2n) is 4.97. The molecule has 1 saturated carbocycles. The van der Waals surface area contributed by atoms with Crippen molar-refractivity contribution in [1.29, 1.82) is 0 Å². The lowest BCUT2D eigenvalue weighted by atomic mass is 9.85. The summed E-state index contributed by atoms with van der Waals surface area (Å²) in [6.07, 6.45) is 3.63. The zero-order valence-corrected chi connectivity index (χ0v) is 10.4. The van der Waals surface area contributed by atoms with Gasteiger partial charge in [0.15, 0.2) is 0 Å². The molecule has 0 radical (unpaired) electrons. The molecule has 0 aromatic heterocycles. The molecule has 2 rings (SSSR count). The average Bonchev–Trinajstić information content (AvgIpc) is 2.22. The second-order valence-corrected chi connectivity index (χ2v) is 4.97. The number of rotatable bonds is 3. The number of halogens is 1. The zero-order valence-electron chi connectivity index (χ0n) is 10.4. The molecule has 0 heterocycles. The van der Waals surface area contributed by atoms with Crippen LogP contribution in [-0.4, -0.2) is 24.4 Å². The minimum atomic E-state index is -0.421. The van der Waals surface area contributed by atoms with E-state index in [0.717, 1.165) is 12.1 Å². The Morgan fingerprint density at radius 2 is 2.18 bits per heavy atom. The van der Waals surface area contributed by atoms with Gasteiger partial charge in [-0.2, -0.15) is 0 Å². The van der Waals surface area contributed by atoms with E-state index in [-0.39, 0.29) is 11.5 Å². The molecule has 1 aromatic rings. The Morgan fingerprint density at radius 3 is 2.71 bits per heavy atom. The molecule has 1 aliphatic carbocycles. The number of aryl methyl sites for hydroxylation is 1. The van der Waals surface area contributed by atoms with Crippen molar-refractivity contribution in [3.63, 3.8) is 0 Å². The van der Waals surface area contributed by atoms with Crippen molar-refractivity contribution in [3.05, 3.63) is 35.1 Å². The molecule has 0 aliphatic heterocycles. The van der Waals surface area contributed by atoms with Crippen LogP contribution in [0.2, 0.25) is 0 Å². The third-order valence-electron chi connectivity index (χ3n) is 3.46. The van der Waals surface area contributed by atoms with E-state index >= 15 is 0 Å². The second kappa shape index (κ2) is 4.86. The molecule has 0 bridgehead atoms. The monoisotopic (exact) mass is 235 g/mol. The maximum atomic E-state index is 13.6. The summed E-state index contributed by atoms with van der Waals surface area (Å²) in [4.78, 5) is 13.7. The predicted octanol–water partition coefficient (Wildman–Crippen LogP) is 3.01. The molecule has 1 amide bonds. The van der Waals surface area contributed by atoms with Crippen LogP contribution >= 0.6 is 0 Å². The van der Waals surface area contributed by atoms with Crippen molar-refractivity contribution in [2.45, 2.75) is 26.2 Å². The van der Waals surface area contributed by atoms with Crippen molar-refractivity contribution in [2.24, 2.45) is 5.92 Å². The van der Waals surface area contributed by atoms with Crippen LogP contribution in [0.15, 0.2) is 18.2 Å². The van der Waals surface area contributed by atoms with Crippen LogP contribution in [0, 0.1) is 18.7 Å². The van der Waals surface area contributed by atoms with E-state index in [9.17, 15) is 9.18 Å². The third-order valence-corrected chi connectivity index (χ3v) is 3.46. The van der Waals surface area contributed by atoms with Gasteiger partial charge in [0.2, 0.25) is 0 Å². The Labute approximate surface area is 101 Å². The summed E-state index contributed by atoms with van der Waals surface area (Å²) in [6, 6.07) is 4.75. The highest BCUT2D eigenvalue weighted by Crippen LogP contribution is 2.27. The smallest absolute Gasteiger partial charge is 0.256 e. The van der Waals surface area contributed by atoms with Crippen LogP contribution in [-0.2, 0) is 0 Å². The Kier molecular flexibility index (Phi) is 3.46. The Morgan fingerprint density at radius 1 is 1.47 bits per heavy atom. The highest BCUT2D eigenvalue weighted by molar-refractivity contribution is 5.94. The number of amides is 1. The first kappa shape index (κ1) is 12.1. The molecule has 92 valence electrons. The number of benzene rings is 1. The lowest BCUT2D eigenvalue weighted by Crippen LogP contribution is -2.34. The van der Waals surface area contributed by atoms with Crippen molar-refractivity contribution >= 4 is 5.91 Å². The van der Waals surface area contributed by atoms with Crippen LogP contribution < -0.4 is 0 Å². The van der Waals surface area contributed by atoms with E-state index in [1.807, 2.05) is 6.92 Å². The zero-order chi connectivity index (χ0) is 12.4. The minimum Gasteiger partial charge on any atom is -0.341 e. The molecule has 2 nitrogen and oxygen atoms in total. The van der Waals surface area contributed by atoms with Gasteiger partial charge in [-0.15, -0.1) is 0 Å². The Bertz CT molecular complexity index is 426. The molecule has 1 aliphatic rings. The fraction of sp³-hybridized carbons (Fsp3) is 0.500. The van der Waals surface area contributed by atoms with Gasteiger partial charge in [0, 0.05) is 13.6 Å². The van der Waals surface area contributed by atoms with E-state index in [1.165, 1.54) is 25.3 Å². The van der Waals surface area contributed by atoms with E-state index in [0.29, 0.717) is 5.92 Å². The van der Waals surface area contributed by atoms with Crippen LogP contribution in [0.3, 0.4) is 0 Å². The molecule has 0 atom stereocenters. The van der Waals surface area contributed by atoms with Gasteiger partial charge in [0.1, 0.15) is 5.82 Å². The first-order chi connectivity index (χ1) is 8.08. The van der Waals surface area contributed by atoms with Crippen molar-refractivity contribution in [3.8, 4) is 0 Å². The van der Waals surface area contributed by atoms with Gasteiger partial charge in [0.05, 0.1) is 5.56 Å². The van der Waals surface area contributed by atoms with Gasteiger partial charge in [0.25, 0.3) is 5.91 Å². The van der Waals surface area contributed by atoms with Gasteiger partial charge in [-0.05, 0) is 43.4 Å². The maximum absolute atomic E-state index is 13.6. The van der Waals surface area contributed by atoms with E-state index in [1.54, 1.807) is 24.1 Å². The van der Waals surface area contributed by atoms with E-state index in [4.69, 9.17) is 0 Å². The number of carbonyl (C=O) groups is 1. The Hall–Kier alpha value is -1.38. The number of nitrogens with zero attached hydrogens (tertiary/aromatic N) is 1. The molecular formula is C14H18FNO. The van der Waals surface area contributed by atoms with E-state index in [2.05, 4.69) is 0 Å².